The Morgan fingerprint density at radius 2 is 0.759 bits per heavy atom. The normalized spacial score (nSPS) is 10.6. The molecule has 0 atom stereocenters. The van der Waals surface area contributed by atoms with Gasteiger partial charge in [0.2, 0.25) is 0 Å². The first kappa shape index (κ1) is 30.7. The Hall–Kier alpha value is -0.500. The van der Waals surface area contributed by atoms with Crippen molar-refractivity contribution in [3.05, 3.63) is 12.3 Å². The molecule has 0 aromatic carbocycles. The molecule has 2 nitrogen and oxygen atoms in total. The molecule has 0 aliphatic heterocycles. The summed E-state index contributed by atoms with van der Waals surface area (Å²) in [5.74, 6) is 0. The zero-order chi connectivity index (χ0) is 21.8. The van der Waals surface area contributed by atoms with Crippen molar-refractivity contribution in [3.8, 4) is 0 Å². The third-order valence-corrected chi connectivity index (χ3v) is 5.66. The van der Waals surface area contributed by atoms with Gasteiger partial charge in [0.15, 0.2) is 0 Å². The van der Waals surface area contributed by atoms with E-state index in [2.05, 4.69) is 20.4 Å². The molecule has 0 aliphatic rings. The van der Waals surface area contributed by atoms with Gasteiger partial charge in [0.25, 0.3) is 0 Å². The molecule has 0 amide bonds. The van der Waals surface area contributed by atoms with Crippen molar-refractivity contribution >= 4 is 0 Å². The Labute approximate surface area is 185 Å². The van der Waals surface area contributed by atoms with E-state index in [-0.39, 0.29) is 0 Å². The average Bonchev–Trinajstić information content (AvgIpc) is 2.72. The predicted molar refractivity (Wildman–Crippen MR) is 133 cm³/mol. The number of rotatable bonds is 22. The van der Waals surface area contributed by atoms with Gasteiger partial charge >= 0.3 is 0 Å². The highest BCUT2D eigenvalue weighted by Crippen LogP contribution is 2.15. The van der Waals surface area contributed by atoms with Crippen molar-refractivity contribution in [2.75, 3.05) is 6.61 Å². The maximum absolute atomic E-state index is 8.72. The van der Waals surface area contributed by atoms with Crippen LogP contribution in [0.5, 0.6) is 0 Å². The molecule has 0 radical (unpaired) electrons. The van der Waals surface area contributed by atoms with Gasteiger partial charge in [-0.15, -0.1) is 0 Å². The van der Waals surface area contributed by atoms with Gasteiger partial charge in [0, 0.05) is 12.3 Å². The van der Waals surface area contributed by atoms with Gasteiger partial charge in [-0.25, -0.2) is 0 Å². The second kappa shape index (κ2) is 29.7. The highest BCUT2D eigenvalue weighted by Gasteiger charge is 1.95. The van der Waals surface area contributed by atoms with Crippen molar-refractivity contribution in [1.82, 2.24) is 0 Å². The Bertz CT molecular complexity index is 288. The Morgan fingerprint density at radius 3 is 0.966 bits per heavy atom. The summed E-state index contributed by atoms with van der Waals surface area (Å²) in [4.78, 5) is 0. The van der Waals surface area contributed by atoms with Crippen LogP contribution in [0.4, 0.5) is 0 Å². The third-order valence-electron chi connectivity index (χ3n) is 5.66. The molecule has 0 unspecified atom stereocenters. The molecule has 0 aromatic rings. The average molecular weight is 412 g/mol. The summed E-state index contributed by atoms with van der Waals surface area (Å²) in [5, 5.41) is 8.72. The van der Waals surface area contributed by atoms with Gasteiger partial charge < -0.3 is 10.8 Å². The number of aliphatic hydroxyl groups is 1. The lowest BCUT2D eigenvalue weighted by atomic mass is 10.0. The molecule has 29 heavy (non-hydrogen) atoms. The monoisotopic (exact) mass is 411 g/mol. The summed E-state index contributed by atoms with van der Waals surface area (Å²) >= 11 is 0. The van der Waals surface area contributed by atoms with E-state index >= 15 is 0 Å². The van der Waals surface area contributed by atoms with Gasteiger partial charge in [-0.3, -0.25) is 0 Å². The van der Waals surface area contributed by atoms with E-state index in [0.717, 1.165) is 18.5 Å². The van der Waals surface area contributed by atoms with Crippen LogP contribution in [0.15, 0.2) is 12.3 Å². The van der Waals surface area contributed by atoms with Crippen LogP contribution in [0.2, 0.25) is 0 Å². The molecule has 2 heteroatoms. The summed E-state index contributed by atoms with van der Waals surface area (Å²) in [6.45, 7) is 8.47. The quantitative estimate of drug-likeness (QED) is 0.174. The Balaban J connectivity index is 0. The molecule has 0 fully saturated rings. The van der Waals surface area contributed by atoms with Gasteiger partial charge in [-0.2, -0.15) is 0 Å². The van der Waals surface area contributed by atoms with E-state index < -0.39 is 0 Å². The molecule has 0 heterocycles. The fraction of sp³-hybridized carbons (Fsp3) is 0.926. The Morgan fingerprint density at radius 1 is 0.517 bits per heavy atom. The first-order valence-electron chi connectivity index (χ1n) is 13.2. The Kier molecular flexibility index (Phi) is 31.4. The van der Waals surface area contributed by atoms with Crippen LogP contribution in [-0.2, 0) is 0 Å². The number of allylic oxidation sites excluding steroid dienone is 1. The number of nitrogens with two attached hydrogens (primary N) is 1. The molecule has 176 valence electrons. The summed E-state index contributed by atoms with van der Waals surface area (Å²) in [6.07, 6.45) is 29.6. The fourth-order valence-corrected chi connectivity index (χ4v) is 3.47. The van der Waals surface area contributed by atoms with Crippen molar-refractivity contribution in [1.29, 1.82) is 0 Å². The first-order valence-corrected chi connectivity index (χ1v) is 13.2. The molecular formula is C27H57NO. The highest BCUT2D eigenvalue weighted by atomic mass is 16.2. The molecule has 3 N–H and O–H groups in total. The fourth-order valence-electron chi connectivity index (χ4n) is 3.47. The zero-order valence-corrected chi connectivity index (χ0v) is 20.5. The van der Waals surface area contributed by atoms with Crippen LogP contribution in [0.3, 0.4) is 0 Å². The molecule has 0 saturated carbocycles. The highest BCUT2D eigenvalue weighted by molar-refractivity contribution is 4.84. The van der Waals surface area contributed by atoms with Gasteiger partial charge in [-0.05, 0) is 19.3 Å². The predicted octanol–water partition coefficient (Wildman–Crippen LogP) is 9.06. The van der Waals surface area contributed by atoms with E-state index in [1.165, 1.54) is 128 Å². The van der Waals surface area contributed by atoms with Crippen LogP contribution < -0.4 is 5.73 Å². The summed E-state index contributed by atoms with van der Waals surface area (Å²) in [6, 6.07) is 0. The molecule has 0 saturated heterocycles. The van der Waals surface area contributed by atoms with E-state index in [1.54, 1.807) is 0 Å². The molecular weight excluding hydrogens is 354 g/mol. The second-order valence-electron chi connectivity index (χ2n) is 8.85. The lowest BCUT2D eigenvalue weighted by molar-refractivity contribution is 0.282. The van der Waals surface area contributed by atoms with Gasteiger partial charge in [-0.1, -0.05) is 142 Å². The summed E-state index contributed by atoms with van der Waals surface area (Å²) < 4.78 is 0. The van der Waals surface area contributed by atoms with Crippen LogP contribution in [0, 0.1) is 0 Å². The van der Waals surface area contributed by atoms with Crippen LogP contribution in [-0.4, -0.2) is 11.7 Å². The third kappa shape index (κ3) is 35.3. The number of hydrogen-bond acceptors (Lipinski definition) is 2. The minimum Gasteiger partial charge on any atom is -0.403 e. The summed E-state index contributed by atoms with van der Waals surface area (Å²) in [7, 11) is 0. The molecule has 0 aromatic heterocycles. The maximum Gasteiger partial charge on any atom is 0.0431 e. The number of unbranched alkanes of at least 4 members (excludes halogenated alkanes) is 19. The lowest BCUT2D eigenvalue weighted by Gasteiger charge is -2.04. The minimum absolute atomic E-state index is 0.367. The molecule has 0 bridgehead atoms. The standard InChI is InChI=1S/C23H47NO.C4H10/c1-23(24)21-19-17-15-13-11-9-7-5-3-2-4-6-8-10-12-14-16-18-20-22-25;1-3-4-2/h25H,1-22,24H2;3-4H2,1-2H3. The molecule has 0 spiro atoms. The maximum atomic E-state index is 8.72. The van der Waals surface area contributed by atoms with Crippen molar-refractivity contribution in [2.24, 2.45) is 5.73 Å². The van der Waals surface area contributed by atoms with E-state index in [0.29, 0.717) is 6.61 Å². The topological polar surface area (TPSA) is 46.2 Å². The smallest absolute Gasteiger partial charge is 0.0431 e. The van der Waals surface area contributed by atoms with Crippen molar-refractivity contribution in [2.45, 2.75) is 155 Å². The van der Waals surface area contributed by atoms with Gasteiger partial charge in [0.05, 0.1) is 0 Å². The van der Waals surface area contributed by atoms with E-state index in [1.807, 2.05) is 0 Å². The van der Waals surface area contributed by atoms with E-state index in [4.69, 9.17) is 10.8 Å². The number of aliphatic hydroxyl groups excluding tert-OH is 1. The number of hydrogen-bond donors (Lipinski definition) is 2. The largest absolute Gasteiger partial charge is 0.403 e. The van der Waals surface area contributed by atoms with Crippen molar-refractivity contribution < 1.29 is 5.11 Å². The zero-order valence-electron chi connectivity index (χ0n) is 20.5. The second-order valence-corrected chi connectivity index (χ2v) is 8.85. The summed E-state index contributed by atoms with van der Waals surface area (Å²) in [5.41, 5.74) is 6.41. The van der Waals surface area contributed by atoms with Crippen LogP contribution in [0.25, 0.3) is 0 Å². The molecule has 0 rings (SSSR count). The van der Waals surface area contributed by atoms with Gasteiger partial charge in [0.1, 0.15) is 0 Å². The SMILES string of the molecule is C=C(N)CCCCCCCCCCCCCCCCCCCCCO.CCCC. The molecule has 0 aliphatic carbocycles. The van der Waals surface area contributed by atoms with Crippen molar-refractivity contribution in [3.63, 3.8) is 0 Å². The first-order chi connectivity index (χ1) is 14.2. The van der Waals surface area contributed by atoms with Crippen LogP contribution >= 0.6 is 0 Å². The van der Waals surface area contributed by atoms with E-state index in [9.17, 15) is 0 Å². The van der Waals surface area contributed by atoms with Crippen LogP contribution in [0.1, 0.15) is 155 Å². The lowest BCUT2D eigenvalue weighted by Crippen LogP contribution is -1.93. The minimum atomic E-state index is 0.367.